The first-order valence-electron chi connectivity index (χ1n) is 7.93. The van der Waals surface area contributed by atoms with Crippen molar-refractivity contribution in [2.45, 2.75) is 69.9 Å². The average Bonchev–Trinajstić information content (AvgIpc) is 2.81. The van der Waals surface area contributed by atoms with Crippen LogP contribution >= 0.6 is 0 Å². The lowest BCUT2D eigenvalue weighted by Crippen LogP contribution is -2.48. The minimum absolute atomic E-state index is 0.296. The largest absolute Gasteiger partial charge is 0.395 e. The van der Waals surface area contributed by atoms with E-state index in [1.54, 1.807) is 0 Å². The standard InChI is InChI=1S/C15H30N2O/c16-12-13-6-2-1-3-9-15(13)17(10-11-18)14-7-4-5-8-14/h13-15,18H,1-12,16H2. The summed E-state index contributed by atoms with van der Waals surface area (Å²) in [6, 6.07) is 1.35. The fourth-order valence-corrected chi connectivity index (χ4v) is 4.05. The Balaban J connectivity index is 2.05. The van der Waals surface area contributed by atoms with Crippen molar-refractivity contribution in [1.82, 2.24) is 4.90 Å². The van der Waals surface area contributed by atoms with Crippen molar-refractivity contribution >= 4 is 0 Å². The van der Waals surface area contributed by atoms with E-state index in [4.69, 9.17) is 5.73 Å². The topological polar surface area (TPSA) is 49.5 Å². The predicted molar refractivity (Wildman–Crippen MR) is 75.5 cm³/mol. The average molecular weight is 254 g/mol. The highest BCUT2D eigenvalue weighted by atomic mass is 16.3. The zero-order chi connectivity index (χ0) is 12.8. The minimum Gasteiger partial charge on any atom is -0.395 e. The number of hydrogen-bond acceptors (Lipinski definition) is 3. The van der Waals surface area contributed by atoms with E-state index in [2.05, 4.69) is 4.90 Å². The highest BCUT2D eigenvalue weighted by molar-refractivity contribution is 4.88. The third-order valence-electron chi connectivity index (χ3n) is 5.00. The number of rotatable bonds is 5. The van der Waals surface area contributed by atoms with Gasteiger partial charge in [-0.25, -0.2) is 0 Å². The summed E-state index contributed by atoms with van der Waals surface area (Å²) in [5, 5.41) is 9.38. The molecule has 106 valence electrons. The Morgan fingerprint density at radius 3 is 2.28 bits per heavy atom. The molecule has 2 saturated carbocycles. The van der Waals surface area contributed by atoms with Gasteiger partial charge in [0.25, 0.3) is 0 Å². The number of nitrogens with two attached hydrogens (primary N) is 1. The van der Waals surface area contributed by atoms with Crippen LogP contribution in [0.25, 0.3) is 0 Å². The fraction of sp³-hybridized carbons (Fsp3) is 1.00. The predicted octanol–water partition coefficient (Wildman–Crippen LogP) is 2.13. The van der Waals surface area contributed by atoms with Gasteiger partial charge in [-0.15, -0.1) is 0 Å². The molecule has 0 bridgehead atoms. The van der Waals surface area contributed by atoms with Crippen LogP contribution in [0, 0.1) is 5.92 Å². The summed E-state index contributed by atoms with van der Waals surface area (Å²) in [4.78, 5) is 2.62. The van der Waals surface area contributed by atoms with Gasteiger partial charge in [-0.1, -0.05) is 32.1 Å². The summed E-state index contributed by atoms with van der Waals surface area (Å²) in [6.07, 6.45) is 12.0. The van der Waals surface area contributed by atoms with Gasteiger partial charge in [0.05, 0.1) is 6.61 Å². The van der Waals surface area contributed by atoms with Crippen LogP contribution in [0.1, 0.15) is 57.8 Å². The van der Waals surface area contributed by atoms with Gasteiger partial charge in [0, 0.05) is 18.6 Å². The quantitative estimate of drug-likeness (QED) is 0.739. The van der Waals surface area contributed by atoms with E-state index in [1.165, 1.54) is 57.8 Å². The molecule has 2 fully saturated rings. The van der Waals surface area contributed by atoms with Crippen LogP contribution < -0.4 is 5.73 Å². The molecule has 0 aromatic carbocycles. The monoisotopic (exact) mass is 254 g/mol. The summed E-state index contributed by atoms with van der Waals surface area (Å²) in [7, 11) is 0. The molecule has 2 atom stereocenters. The molecule has 0 spiro atoms. The molecule has 18 heavy (non-hydrogen) atoms. The molecule has 0 aromatic rings. The van der Waals surface area contributed by atoms with Crippen molar-refractivity contribution in [3.63, 3.8) is 0 Å². The van der Waals surface area contributed by atoms with Gasteiger partial charge in [-0.05, 0) is 38.1 Å². The van der Waals surface area contributed by atoms with Gasteiger partial charge < -0.3 is 10.8 Å². The van der Waals surface area contributed by atoms with E-state index < -0.39 is 0 Å². The molecule has 2 unspecified atom stereocenters. The van der Waals surface area contributed by atoms with Crippen LogP contribution in [0.4, 0.5) is 0 Å². The van der Waals surface area contributed by atoms with Crippen molar-refractivity contribution in [3.8, 4) is 0 Å². The van der Waals surface area contributed by atoms with Crippen molar-refractivity contribution in [2.24, 2.45) is 11.7 Å². The Bertz CT molecular complexity index is 229. The Hall–Kier alpha value is -0.120. The summed E-state index contributed by atoms with van der Waals surface area (Å²) in [5.41, 5.74) is 6.01. The molecule has 0 amide bonds. The Kier molecular flexibility index (Phi) is 5.93. The number of nitrogens with zero attached hydrogens (tertiary/aromatic N) is 1. The second kappa shape index (κ2) is 7.46. The highest BCUT2D eigenvalue weighted by Gasteiger charge is 2.33. The highest BCUT2D eigenvalue weighted by Crippen LogP contribution is 2.32. The van der Waals surface area contributed by atoms with Crippen molar-refractivity contribution in [2.75, 3.05) is 19.7 Å². The molecule has 2 aliphatic rings. The molecule has 3 nitrogen and oxygen atoms in total. The first-order chi connectivity index (χ1) is 8.86. The molecule has 2 aliphatic carbocycles. The van der Waals surface area contributed by atoms with E-state index >= 15 is 0 Å². The minimum atomic E-state index is 0.296. The lowest BCUT2D eigenvalue weighted by molar-refractivity contribution is 0.0682. The first kappa shape index (κ1) is 14.3. The van der Waals surface area contributed by atoms with E-state index in [0.717, 1.165) is 13.1 Å². The van der Waals surface area contributed by atoms with Gasteiger partial charge in [-0.2, -0.15) is 0 Å². The van der Waals surface area contributed by atoms with Crippen molar-refractivity contribution < 1.29 is 5.11 Å². The molecule has 0 radical (unpaired) electrons. The molecular formula is C15H30N2O. The number of aliphatic hydroxyl groups is 1. The first-order valence-corrected chi connectivity index (χ1v) is 7.93. The lowest BCUT2D eigenvalue weighted by atomic mass is 9.92. The summed E-state index contributed by atoms with van der Waals surface area (Å²) >= 11 is 0. The Morgan fingerprint density at radius 1 is 0.944 bits per heavy atom. The zero-order valence-electron chi connectivity index (χ0n) is 11.7. The Labute approximate surface area is 112 Å². The molecule has 3 N–H and O–H groups in total. The molecule has 3 heteroatoms. The van der Waals surface area contributed by atoms with Crippen LogP contribution in [-0.4, -0.2) is 41.8 Å². The van der Waals surface area contributed by atoms with Crippen LogP contribution in [0.15, 0.2) is 0 Å². The van der Waals surface area contributed by atoms with Gasteiger partial charge in [-0.3, -0.25) is 4.90 Å². The normalized spacial score (nSPS) is 30.8. The zero-order valence-corrected chi connectivity index (χ0v) is 11.7. The molecule has 2 rings (SSSR count). The van der Waals surface area contributed by atoms with Gasteiger partial charge in [0.1, 0.15) is 0 Å². The number of hydrogen-bond donors (Lipinski definition) is 2. The van der Waals surface area contributed by atoms with Crippen LogP contribution in [-0.2, 0) is 0 Å². The molecule has 0 aliphatic heterocycles. The smallest absolute Gasteiger partial charge is 0.0558 e. The molecule has 0 aromatic heterocycles. The second-order valence-corrected chi connectivity index (χ2v) is 6.10. The maximum absolute atomic E-state index is 9.38. The molecule has 0 saturated heterocycles. The second-order valence-electron chi connectivity index (χ2n) is 6.10. The van der Waals surface area contributed by atoms with E-state index in [-0.39, 0.29) is 0 Å². The van der Waals surface area contributed by atoms with E-state index in [0.29, 0.717) is 24.6 Å². The third-order valence-corrected chi connectivity index (χ3v) is 5.00. The van der Waals surface area contributed by atoms with E-state index in [9.17, 15) is 5.11 Å². The SMILES string of the molecule is NCC1CCCCCC1N(CCO)C1CCCC1. The molecule has 0 heterocycles. The number of aliphatic hydroxyl groups excluding tert-OH is 1. The maximum atomic E-state index is 9.38. The molecular weight excluding hydrogens is 224 g/mol. The van der Waals surface area contributed by atoms with Gasteiger partial charge >= 0.3 is 0 Å². The van der Waals surface area contributed by atoms with Crippen molar-refractivity contribution in [1.29, 1.82) is 0 Å². The Morgan fingerprint density at radius 2 is 1.61 bits per heavy atom. The fourth-order valence-electron chi connectivity index (χ4n) is 4.05. The van der Waals surface area contributed by atoms with Crippen LogP contribution in [0.3, 0.4) is 0 Å². The third kappa shape index (κ3) is 3.46. The van der Waals surface area contributed by atoms with Gasteiger partial charge in [0.2, 0.25) is 0 Å². The summed E-state index contributed by atoms with van der Waals surface area (Å²) in [6.45, 7) is 1.97. The maximum Gasteiger partial charge on any atom is 0.0558 e. The van der Waals surface area contributed by atoms with Crippen LogP contribution in [0.2, 0.25) is 0 Å². The van der Waals surface area contributed by atoms with Crippen molar-refractivity contribution in [3.05, 3.63) is 0 Å². The summed E-state index contributed by atoms with van der Waals surface area (Å²) in [5.74, 6) is 0.652. The summed E-state index contributed by atoms with van der Waals surface area (Å²) < 4.78 is 0. The van der Waals surface area contributed by atoms with Gasteiger partial charge in [0.15, 0.2) is 0 Å². The lowest BCUT2D eigenvalue weighted by Gasteiger charge is -2.39. The van der Waals surface area contributed by atoms with E-state index in [1.807, 2.05) is 0 Å². The van der Waals surface area contributed by atoms with Crippen LogP contribution in [0.5, 0.6) is 0 Å².